The van der Waals surface area contributed by atoms with Gasteiger partial charge in [-0.3, -0.25) is 9.69 Å². The number of benzene rings is 2. The molecule has 0 saturated carbocycles. The van der Waals surface area contributed by atoms with Crippen molar-refractivity contribution < 1.29 is 4.79 Å². The van der Waals surface area contributed by atoms with Crippen molar-refractivity contribution in [1.82, 2.24) is 10.2 Å². The number of aryl methyl sites for hydroxylation is 1. The minimum absolute atomic E-state index is 0. The molecular weight excluding hydrogens is 405 g/mol. The second-order valence-corrected chi connectivity index (χ2v) is 7.03. The summed E-state index contributed by atoms with van der Waals surface area (Å²) in [5, 5.41) is 3.80. The lowest BCUT2D eigenvalue weighted by molar-refractivity contribution is 0.0937. The Labute approximate surface area is 178 Å². The summed E-state index contributed by atoms with van der Waals surface area (Å²) in [7, 11) is 0. The fourth-order valence-corrected chi connectivity index (χ4v) is 3.59. The third-order valence-electron chi connectivity index (χ3n) is 4.78. The maximum absolute atomic E-state index is 12.6. The van der Waals surface area contributed by atoms with E-state index in [0.29, 0.717) is 17.8 Å². The Hall–Kier alpha value is -1.46. The molecule has 148 valence electrons. The summed E-state index contributed by atoms with van der Waals surface area (Å²) >= 11 is 6.17. The van der Waals surface area contributed by atoms with Crippen molar-refractivity contribution >= 4 is 48.0 Å². The first kappa shape index (κ1) is 23.6. The molecule has 4 nitrogen and oxygen atoms in total. The van der Waals surface area contributed by atoms with E-state index >= 15 is 0 Å². The lowest BCUT2D eigenvalue weighted by atomic mass is 10.0. The summed E-state index contributed by atoms with van der Waals surface area (Å²) in [4.78, 5) is 15.0. The molecule has 3 rings (SSSR count). The summed E-state index contributed by atoms with van der Waals surface area (Å²) < 4.78 is 0. The standard InChI is InChI=1S/C20H24ClN3O.2ClH/c1-14-7-8-17(22)12-18(14)20(25)23-13-19(24-9-2-3-10-24)15-5-4-6-16(21)11-15;;/h4-8,11-12,19H,2-3,9-10,13,22H2,1H3,(H,23,25);2*1H. The van der Waals surface area contributed by atoms with E-state index in [1.807, 2.05) is 37.3 Å². The van der Waals surface area contributed by atoms with Gasteiger partial charge < -0.3 is 11.1 Å². The van der Waals surface area contributed by atoms with Crippen LogP contribution in [0.3, 0.4) is 0 Å². The average molecular weight is 431 g/mol. The summed E-state index contributed by atoms with van der Waals surface area (Å²) in [5.41, 5.74) is 9.12. The molecule has 1 amide bonds. The number of rotatable bonds is 5. The highest BCUT2D eigenvalue weighted by Crippen LogP contribution is 2.26. The fourth-order valence-electron chi connectivity index (χ4n) is 3.39. The first-order valence-electron chi connectivity index (χ1n) is 8.68. The molecule has 1 unspecified atom stereocenters. The zero-order valence-corrected chi connectivity index (χ0v) is 17.7. The largest absolute Gasteiger partial charge is 0.399 e. The van der Waals surface area contributed by atoms with Gasteiger partial charge in [-0.25, -0.2) is 0 Å². The molecule has 1 aliphatic rings. The van der Waals surface area contributed by atoms with Gasteiger partial charge in [0.05, 0.1) is 6.04 Å². The predicted octanol–water partition coefficient (Wildman–Crippen LogP) is 4.64. The molecule has 3 N–H and O–H groups in total. The van der Waals surface area contributed by atoms with Crippen LogP contribution in [0.5, 0.6) is 0 Å². The third-order valence-corrected chi connectivity index (χ3v) is 5.01. The van der Waals surface area contributed by atoms with Crippen molar-refractivity contribution in [3.63, 3.8) is 0 Å². The molecule has 27 heavy (non-hydrogen) atoms. The number of carbonyl (C=O) groups excluding carboxylic acids is 1. The van der Waals surface area contributed by atoms with E-state index in [0.717, 1.165) is 29.2 Å². The van der Waals surface area contributed by atoms with Crippen molar-refractivity contribution in [1.29, 1.82) is 0 Å². The Morgan fingerprint density at radius 3 is 2.56 bits per heavy atom. The van der Waals surface area contributed by atoms with E-state index in [2.05, 4.69) is 16.3 Å². The molecule has 0 spiro atoms. The minimum Gasteiger partial charge on any atom is -0.399 e. The summed E-state index contributed by atoms with van der Waals surface area (Å²) in [5.74, 6) is -0.0870. The molecule has 1 fully saturated rings. The number of anilines is 1. The third kappa shape index (κ3) is 6.01. The number of hydrogen-bond donors (Lipinski definition) is 2. The van der Waals surface area contributed by atoms with Crippen LogP contribution >= 0.6 is 36.4 Å². The van der Waals surface area contributed by atoms with Gasteiger partial charge in [-0.2, -0.15) is 0 Å². The smallest absolute Gasteiger partial charge is 0.251 e. The molecular formula is C20H26Cl3N3O. The number of halogens is 3. The van der Waals surface area contributed by atoms with Crippen molar-refractivity contribution in [3.8, 4) is 0 Å². The van der Waals surface area contributed by atoms with E-state index in [1.54, 1.807) is 6.07 Å². The van der Waals surface area contributed by atoms with Crippen LogP contribution in [0.2, 0.25) is 5.02 Å². The van der Waals surface area contributed by atoms with Gasteiger partial charge in [0.1, 0.15) is 0 Å². The molecule has 0 aliphatic carbocycles. The molecule has 1 atom stereocenters. The second-order valence-electron chi connectivity index (χ2n) is 6.60. The number of nitrogens with zero attached hydrogens (tertiary/aromatic N) is 1. The zero-order chi connectivity index (χ0) is 17.8. The molecule has 2 aromatic rings. The maximum atomic E-state index is 12.6. The van der Waals surface area contributed by atoms with Gasteiger partial charge >= 0.3 is 0 Å². The number of nitrogen functional groups attached to an aromatic ring is 1. The Morgan fingerprint density at radius 1 is 1.19 bits per heavy atom. The van der Waals surface area contributed by atoms with E-state index in [1.165, 1.54) is 12.8 Å². The van der Waals surface area contributed by atoms with Crippen molar-refractivity contribution in [2.45, 2.75) is 25.8 Å². The van der Waals surface area contributed by atoms with Crippen LogP contribution in [0.15, 0.2) is 42.5 Å². The summed E-state index contributed by atoms with van der Waals surface area (Å²) in [6, 6.07) is 13.5. The first-order valence-corrected chi connectivity index (χ1v) is 9.06. The molecule has 0 aromatic heterocycles. The van der Waals surface area contributed by atoms with Crippen LogP contribution in [0.4, 0.5) is 5.69 Å². The van der Waals surface area contributed by atoms with Crippen molar-refractivity contribution in [3.05, 3.63) is 64.2 Å². The van der Waals surface area contributed by atoms with Gasteiger partial charge in [-0.05, 0) is 68.2 Å². The van der Waals surface area contributed by atoms with Gasteiger partial charge in [0.25, 0.3) is 5.91 Å². The SMILES string of the molecule is Cc1ccc(N)cc1C(=O)NCC(c1cccc(Cl)c1)N1CCCC1.Cl.Cl. The van der Waals surface area contributed by atoms with Crippen LogP contribution in [-0.2, 0) is 0 Å². The van der Waals surface area contributed by atoms with Gasteiger partial charge in [0.15, 0.2) is 0 Å². The second kappa shape index (κ2) is 10.8. The lowest BCUT2D eigenvalue weighted by Crippen LogP contribution is -2.37. The maximum Gasteiger partial charge on any atom is 0.251 e. The van der Waals surface area contributed by atoms with Gasteiger partial charge in [-0.15, -0.1) is 24.8 Å². The van der Waals surface area contributed by atoms with E-state index in [9.17, 15) is 4.79 Å². The van der Waals surface area contributed by atoms with E-state index in [4.69, 9.17) is 17.3 Å². The van der Waals surface area contributed by atoms with Gasteiger partial charge in [-0.1, -0.05) is 29.8 Å². The summed E-state index contributed by atoms with van der Waals surface area (Å²) in [6.07, 6.45) is 2.39. The molecule has 1 heterocycles. The monoisotopic (exact) mass is 429 g/mol. The molecule has 1 saturated heterocycles. The first-order chi connectivity index (χ1) is 12.0. The molecule has 7 heteroatoms. The Morgan fingerprint density at radius 2 is 1.89 bits per heavy atom. The van der Waals surface area contributed by atoms with Gasteiger partial charge in [0, 0.05) is 22.8 Å². The number of amides is 1. The topological polar surface area (TPSA) is 58.4 Å². The number of nitrogens with two attached hydrogens (primary N) is 1. The van der Waals surface area contributed by atoms with Crippen LogP contribution < -0.4 is 11.1 Å². The van der Waals surface area contributed by atoms with E-state index < -0.39 is 0 Å². The van der Waals surface area contributed by atoms with Crippen LogP contribution in [0.1, 0.15) is 40.4 Å². The Kier molecular flexibility index (Phi) is 9.40. The quantitative estimate of drug-likeness (QED) is 0.679. The van der Waals surface area contributed by atoms with Crippen LogP contribution in [0.25, 0.3) is 0 Å². The zero-order valence-electron chi connectivity index (χ0n) is 15.3. The highest BCUT2D eigenvalue weighted by Gasteiger charge is 2.24. The number of carbonyl (C=O) groups is 1. The lowest BCUT2D eigenvalue weighted by Gasteiger charge is -2.28. The normalized spacial score (nSPS) is 14.7. The highest BCUT2D eigenvalue weighted by atomic mass is 35.5. The number of hydrogen-bond acceptors (Lipinski definition) is 3. The number of likely N-dealkylation sites (tertiary alicyclic amines) is 1. The van der Waals surface area contributed by atoms with Gasteiger partial charge in [0.2, 0.25) is 0 Å². The van der Waals surface area contributed by atoms with Crippen LogP contribution in [0, 0.1) is 6.92 Å². The van der Waals surface area contributed by atoms with Crippen molar-refractivity contribution in [2.24, 2.45) is 0 Å². The molecule has 0 bridgehead atoms. The number of nitrogens with one attached hydrogen (secondary N) is 1. The van der Waals surface area contributed by atoms with Crippen molar-refractivity contribution in [2.75, 3.05) is 25.4 Å². The highest BCUT2D eigenvalue weighted by molar-refractivity contribution is 6.30. The predicted molar refractivity (Wildman–Crippen MR) is 117 cm³/mol. The summed E-state index contributed by atoms with van der Waals surface area (Å²) in [6.45, 7) is 4.56. The Balaban J connectivity index is 0.00000182. The Bertz CT molecular complexity index is 764. The molecule has 2 aromatic carbocycles. The van der Waals surface area contributed by atoms with E-state index in [-0.39, 0.29) is 36.8 Å². The van der Waals surface area contributed by atoms with Crippen LogP contribution in [-0.4, -0.2) is 30.4 Å². The molecule has 1 aliphatic heterocycles. The average Bonchev–Trinajstić information content (AvgIpc) is 3.11. The minimum atomic E-state index is -0.0870. The fraction of sp³-hybridized carbons (Fsp3) is 0.350. The molecule has 0 radical (unpaired) electrons.